The average Bonchev–Trinajstić information content (AvgIpc) is 2.75. The molecule has 1 aromatic carbocycles. The highest BCUT2D eigenvalue weighted by Crippen LogP contribution is 2.11. The Labute approximate surface area is 179 Å². The van der Waals surface area contributed by atoms with Crippen LogP contribution in [0.3, 0.4) is 0 Å². The molecule has 30 heavy (non-hydrogen) atoms. The van der Waals surface area contributed by atoms with Crippen molar-refractivity contribution in [1.82, 2.24) is 20.4 Å². The van der Waals surface area contributed by atoms with Gasteiger partial charge in [-0.25, -0.2) is 4.99 Å². The molecule has 1 aliphatic rings. The van der Waals surface area contributed by atoms with Gasteiger partial charge in [-0.1, -0.05) is 12.1 Å². The van der Waals surface area contributed by atoms with Crippen molar-refractivity contribution in [1.29, 1.82) is 0 Å². The summed E-state index contributed by atoms with van der Waals surface area (Å²) in [5, 5.41) is 6.59. The predicted molar refractivity (Wildman–Crippen MR) is 119 cm³/mol. The molecule has 0 aromatic heterocycles. The topological polar surface area (TPSA) is 86.3 Å². The maximum atomic E-state index is 12.2. The van der Waals surface area contributed by atoms with E-state index in [4.69, 9.17) is 4.74 Å². The first-order valence-corrected chi connectivity index (χ1v) is 10.5. The molecule has 166 valence electrons. The van der Waals surface area contributed by atoms with E-state index >= 15 is 0 Å². The normalized spacial score (nSPS) is 16.7. The van der Waals surface area contributed by atoms with E-state index in [9.17, 15) is 9.59 Å². The number of ether oxygens (including phenoxy) is 1. The fraction of sp³-hybridized carbons (Fsp3) is 0.591. The summed E-state index contributed by atoms with van der Waals surface area (Å²) < 4.78 is 5.76. The molecule has 1 aromatic rings. The molecule has 0 bridgehead atoms. The molecule has 0 radical (unpaired) electrons. The largest absolute Gasteiger partial charge is 0.376 e. The molecule has 2 rings (SSSR count). The Kier molecular flexibility index (Phi) is 9.60. The van der Waals surface area contributed by atoms with Crippen molar-refractivity contribution in [2.24, 2.45) is 4.99 Å². The third-order valence-electron chi connectivity index (χ3n) is 4.93. The summed E-state index contributed by atoms with van der Waals surface area (Å²) in [5.74, 6) is 0.531. The summed E-state index contributed by atoms with van der Waals surface area (Å²) >= 11 is 0. The number of rotatable bonds is 8. The summed E-state index contributed by atoms with van der Waals surface area (Å²) in [4.78, 5) is 31.6. The van der Waals surface area contributed by atoms with Crippen LogP contribution in [0, 0.1) is 0 Å². The number of nitrogens with zero attached hydrogens (tertiary/aromatic N) is 3. The summed E-state index contributed by atoms with van der Waals surface area (Å²) in [6.45, 7) is 2.18. The van der Waals surface area contributed by atoms with Gasteiger partial charge in [0.05, 0.1) is 6.10 Å². The Morgan fingerprint density at radius 1 is 1.13 bits per heavy atom. The van der Waals surface area contributed by atoms with Gasteiger partial charge in [0.15, 0.2) is 5.96 Å². The maximum Gasteiger partial charge on any atom is 0.253 e. The predicted octanol–water partition coefficient (Wildman–Crippen LogP) is 1.12. The summed E-state index contributed by atoms with van der Waals surface area (Å²) in [6.07, 6.45) is 4.22. The standard InChI is InChI=1S/C22H35N5O3/c1-26(2)20(28)16-25-22(24-15-19-10-5-6-13-30-19)23-12-11-17-8-7-9-18(14-17)21(29)27(3)4/h7-9,14,19H,5-6,10-13,15-16H2,1-4H3,(H2,23,24,25). The molecule has 8 nitrogen and oxygen atoms in total. The number of guanidine groups is 1. The molecule has 1 unspecified atom stereocenters. The monoisotopic (exact) mass is 417 g/mol. The van der Waals surface area contributed by atoms with Crippen LogP contribution in [0.1, 0.15) is 35.2 Å². The summed E-state index contributed by atoms with van der Waals surface area (Å²) in [7, 11) is 6.93. The molecular weight excluding hydrogens is 382 g/mol. The lowest BCUT2D eigenvalue weighted by Crippen LogP contribution is -2.43. The first-order valence-electron chi connectivity index (χ1n) is 10.5. The van der Waals surface area contributed by atoms with E-state index in [1.807, 2.05) is 24.3 Å². The van der Waals surface area contributed by atoms with Crippen LogP contribution in [0.25, 0.3) is 0 Å². The molecule has 1 aliphatic heterocycles. The van der Waals surface area contributed by atoms with Crippen molar-refractivity contribution in [2.75, 3.05) is 54.4 Å². The molecular formula is C22H35N5O3. The Hall–Kier alpha value is -2.61. The number of nitrogens with one attached hydrogen (secondary N) is 2. The molecule has 2 N–H and O–H groups in total. The fourth-order valence-corrected chi connectivity index (χ4v) is 3.08. The average molecular weight is 418 g/mol. The second kappa shape index (κ2) is 12.2. The highest BCUT2D eigenvalue weighted by Gasteiger charge is 2.14. The van der Waals surface area contributed by atoms with Crippen LogP contribution in [0.5, 0.6) is 0 Å². The van der Waals surface area contributed by atoms with Crippen LogP contribution >= 0.6 is 0 Å². The third kappa shape index (κ3) is 8.02. The van der Waals surface area contributed by atoms with Crippen LogP contribution in [0.15, 0.2) is 29.3 Å². The number of amides is 2. The van der Waals surface area contributed by atoms with Crippen molar-refractivity contribution in [3.05, 3.63) is 35.4 Å². The number of hydrogen-bond acceptors (Lipinski definition) is 4. The van der Waals surface area contributed by atoms with E-state index in [-0.39, 0.29) is 24.5 Å². The zero-order valence-corrected chi connectivity index (χ0v) is 18.6. The van der Waals surface area contributed by atoms with E-state index in [0.29, 0.717) is 24.6 Å². The number of aliphatic imine (C=N–C) groups is 1. The van der Waals surface area contributed by atoms with E-state index in [0.717, 1.165) is 31.4 Å². The number of carbonyl (C=O) groups is 2. The van der Waals surface area contributed by atoms with Gasteiger partial charge in [-0.3, -0.25) is 9.59 Å². The minimum atomic E-state index is -0.0556. The van der Waals surface area contributed by atoms with Gasteiger partial charge in [-0.15, -0.1) is 0 Å². The fourth-order valence-electron chi connectivity index (χ4n) is 3.08. The minimum Gasteiger partial charge on any atom is -0.376 e. The second-order valence-electron chi connectivity index (χ2n) is 7.90. The smallest absolute Gasteiger partial charge is 0.253 e. The lowest BCUT2D eigenvalue weighted by molar-refractivity contribution is -0.127. The van der Waals surface area contributed by atoms with E-state index < -0.39 is 0 Å². The second-order valence-corrected chi connectivity index (χ2v) is 7.90. The lowest BCUT2D eigenvalue weighted by Gasteiger charge is -2.24. The van der Waals surface area contributed by atoms with Crippen LogP contribution < -0.4 is 10.6 Å². The van der Waals surface area contributed by atoms with E-state index in [1.165, 1.54) is 11.3 Å². The quantitative estimate of drug-likeness (QED) is 0.489. The minimum absolute atomic E-state index is 0.0107. The van der Waals surface area contributed by atoms with E-state index in [2.05, 4.69) is 15.6 Å². The van der Waals surface area contributed by atoms with Gasteiger partial charge in [0.25, 0.3) is 5.91 Å². The molecule has 8 heteroatoms. The van der Waals surface area contributed by atoms with Crippen LogP contribution in [0.2, 0.25) is 0 Å². The molecule has 1 atom stereocenters. The highest BCUT2D eigenvalue weighted by molar-refractivity contribution is 5.94. The van der Waals surface area contributed by atoms with Gasteiger partial charge in [0.2, 0.25) is 5.91 Å². The number of benzene rings is 1. The van der Waals surface area contributed by atoms with Crippen molar-refractivity contribution >= 4 is 17.8 Å². The van der Waals surface area contributed by atoms with Crippen LogP contribution in [-0.2, 0) is 16.0 Å². The van der Waals surface area contributed by atoms with Crippen molar-refractivity contribution in [3.63, 3.8) is 0 Å². The maximum absolute atomic E-state index is 12.2. The molecule has 1 saturated heterocycles. The van der Waals surface area contributed by atoms with Gasteiger partial charge >= 0.3 is 0 Å². The van der Waals surface area contributed by atoms with Crippen molar-refractivity contribution in [2.45, 2.75) is 31.8 Å². The van der Waals surface area contributed by atoms with E-state index in [1.54, 1.807) is 33.1 Å². The van der Waals surface area contributed by atoms with Crippen LogP contribution in [0.4, 0.5) is 0 Å². The molecule has 1 fully saturated rings. The molecule has 0 spiro atoms. The lowest BCUT2D eigenvalue weighted by atomic mass is 10.1. The molecule has 1 heterocycles. The summed E-state index contributed by atoms with van der Waals surface area (Å²) in [6, 6.07) is 7.64. The number of likely N-dealkylation sites (N-methyl/N-ethyl adjacent to an activating group) is 1. The Morgan fingerprint density at radius 3 is 2.60 bits per heavy atom. The van der Waals surface area contributed by atoms with Gasteiger partial charge in [-0.05, 0) is 43.4 Å². The zero-order chi connectivity index (χ0) is 21.9. The van der Waals surface area contributed by atoms with Crippen molar-refractivity contribution in [3.8, 4) is 0 Å². The van der Waals surface area contributed by atoms with Gasteiger partial charge in [0, 0.05) is 53.5 Å². The number of hydrogen-bond donors (Lipinski definition) is 2. The number of carbonyl (C=O) groups excluding carboxylic acids is 2. The first kappa shape index (κ1) is 23.7. The van der Waals surface area contributed by atoms with Gasteiger partial charge < -0.3 is 25.2 Å². The summed E-state index contributed by atoms with van der Waals surface area (Å²) in [5.41, 5.74) is 1.74. The Morgan fingerprint density at radius 2 is 1.93 bits per heavy atom. The molecule has 0 saturated carbocycles. The molecule has 0 aliphatic carbocycles. The van der Waals surface area contributed by atoms with Gasteiger partial charge in [-0.2, -0.15) is 0 Å². The Balaban J connectivity index is 1.92. The first-order chi connectivity index (χ1) is 14.4. The Bertz CT molecular complexity index is 727. The highest BCUT2D eigenvalue weighted by atomic mass is 16.5. The molecule has 2 amide bonds. The van der Waals surface area contributed by atoms with Crippen LogP contribution in [-0.4, -0.2) is 88.1 Å². The third-order valence-corrected chi connectivity index (χ3v) is 4.93. The van der Waals surface area contributed by atoms with Crippen molar-refractivity contribution < 1.29 is 14.3 Å². The SMILES string of the molecule is CN(C)C(=O)CN=C(NCCc1cccc(C(=O)N(C)C)c1)NCC1CCCCO1. The van der Waals surface area contributed by atoms with Gasteiger partial charge in [0.1, 0.15) is 6.54 Å². The zero-order valence-electron chi connectivity index (χ0n) is 18.6.